The zero-order valence-corrected chi connectivity index (χ0v) is 13.0. The molecule has 0 aliphatic rings. The van der Waals surface area contributed by atoms with Crippen molar-refractivity contribution in [3.05, 3.63) is 52.6 Å². The first kappa shape index (κ1) is 17.0. The highest BCUT2D eigenvalue weighted by atomic mass is 35.5. The van der Waals surface area contributed by atoms with Crippen LogP contribution >= 0.6 is 11.6 Å². The predicted octanol–water partition coefficient (Wildman–Crippen LogP) is 2.09. The molecule has 2 rings (SSSR count). The molecule has 2 aromatic rings. The average Bonchev–Trinajstić information content (AvgIpc) is 2.91. The van der Waals surface area contributed by atoms with Gasteiger partial charge in [0.2, 0.25) is 5.91 Å². The number of hydrogen-bond donors (Lipinski definition) is 2. The molecule has 122 valence electrons. The van der Waals surface area contributed by atoms with Gasteiger partial charge in [-0.25, -0.2) is 9.18 Å². The molecule has 0 spiro atoms. The van der Waals surface area contributed by atoms with E-state index in [1.54, 1.807) is 24.1 Å². The van der Waals surface area contributed by atoms with Crippen LogP contribution in [0, 0.1) is 5.82 Å². The molecule has 6 nitrogen and oxygen atoms in total. The zero-order chi connectivity index (χ0) is 17.0. The molecule has 0 radical (unpaired) electrons. The van der Waals surface area contributed by atoms with Crippen molar-refractivity contribution >= 4 is 23.5 Å². The van der Waals surface area contributed by atoms with Gasteiger partial charge in [-0.1, -0.05) is 17.7 Å². The molecule has 1 aromatic carbocycles. The topological polar surface area (TPSA) is 84.2 Å². The Bertz CT molecular complexity index is 733. The van der Waals surface area contributed by atoms with Gasteiger partial charge in [0, 0.05) is 19.7 Å². The summed E-state index contributed by atoms with van der Waals surface area (Å²) < 4.78 is 15.1. The highest BCUT2D eigenvalue weighted by Gasteiger charge is 2.23. The summed E-state index contributed by atoms with van der Waals surface area (Å²) in [6, 6.07) is 2.29. The molecule has 0 bridgehead atoms. The fourth-order valence-electron chi connectivity index (χ4n) is 2.07. The number of aryl methyl sites for hydroxylation is 2. The number of aromatic nitrogens is 2. The van der Waals surface area contributed by atoms with Crippen molar-refractivity contribution in [2.45, 2.75) is 18.9 Å². The summed E-state index contributed by atoms with van der Waals surface area (Å²) in [4.78, 5) is 23.3. The van der Waals surface area contributed by atoms with Gasteiger partial charge < -0.3 is 10.4 Å². The SMILES string of the molecule is Cn1cc(CCC(=O)N[C@@H](C(=O)O)c2ccc(Cl)c(F)c2)cn1. The molecule has 0 aliphatic carbocycles. The average molecular weight is 340 g/mol. The lowest BCUT2D eigenvalue weighted by molar-refractivity contribution is -0.142. The molecule has 1 amide bonds. The van der Waals surface area contributed by atoms with Crippen LogP contribution in [0.2, 0.25) is 5.02 Å². The fraction of sp³-hybridized carbons (Fsp3) is 0.267. The standard InChI is InChI=1S/C15H15ClFN3O3/c1-20-8-9(7-18-20)2-5-13(21)19-14(15(22)23)10-3-4-11(16)12(17)6-10/h3-4,6-8,14H,2,5H2,1H3,(H,19,21)(H,22,23)/t14-/m1/s1. The maximum atomic E-state index is 13.5. The number of amides is 1. The van der Waals surface area contributed by atoms with E-state index in [4.69, 9.17) is 11.6 Å². The molecule has 1 heterocycles. The summed E-state index contributed by atoms with van der Waals surface area (Å²) in [5, 5.41) is 15.5. The third kappa shape index (κ3) is 4.53. The highest BCUT2D eigenvalue weighted by Crippen LogP contribution is 2.20. The van der Waals surface area contributed by atoms with Crippen LogP contribution in [0.5, 0.6) is 0 Å². The Balaban J connectivity index is 2.02. The first-order valence-electron chi connectivity index (χ1n) is 6.81. The van der Waals surface area contributed by atoms with Crippen molar-refractivity contribution in [2.24, 2.45) is 7.05 Å². The molecule has 0 aliphatic heterocycles. The number of hydrogen-bond acceptors (Lipinski definition) is 3. The van der Waals surface area contributed by atoms with Crippen LogP contribution < -0.4 is 5.32 Å². The summed E-state index contributed by atoms with van der Waals surface area (Å²) in [5.41, 5.74) is 0.987. The van der Waals surface area contributed by atoms with Crippen LogP contribution in [0.25, 0.3) is 0 Å². The van der Waals surface area contributed by atoms with Crippen LogP contribution in [0.3, 0.4) is 0 Å². The van der Waals surface area contributed by atoms with E-state index in [-0.39, 0.29) is 17.0 Å². The lowest BCUT2D eigenvalue weighted by Gasteiger charge is -2.15. The number of rotatable bonds is 6. The molecule has 1 aromatic heterocycles. The predicted molar refractivity (Wildman–Crippen MR) is 81.5 cm³/mol. The fourth-order valence-corrected chi connectivity index (χ4v) is 2.19. The van der Waals surface area contributed by atoms with Gasteiger partial charge >= 0.3 is 5.97 Å². The minimum Gasteiger partial charge on any atom is -0.479 e. The quantitative estimate of drug-likeness (QED) is 0.844. The Morgan fingerprint density at radius 1 is 1.48 bits per heavy atom. The van der Waals surface area contributed by atoms with Crippen molar-refractivity contribution in [3.8, 4) is 0 Å². The molecule has 0 saturated heterocycles. The van der Waals surface area contributed by atoms with Gasteiger partial charge in [0.05, 0.1) is 11.2 Å². The molecule has 0 saturated carbocycles. The van der Waals surface area contributed by atoms with Crippen LogP contribution in [-0.2, 0) is 23.1 Å². The summed E-state index contributed by atoms with van der Waals surface area (Å²) >= 11 is 5.57. The molecular formula is C15H15ClFN3O3. The van der Waals surface area contributed by atoms with E-state index in [1.807, 2.05) is 0 Å². The summed E-state index contributed by atoms with van der Waals surface area (Å²) in [7, 11) is 1.76. The van der Waals surface area contributed by atoms with Crippen LogP contribution in [-0.4, -0.2) is 26.8 Å². The van der Waals surface area contributed by atoms with E-state index >= 15 is 0 Å². The van der Waals surface area contributed by atoms with Gasteiger partial charge in [0.25, 0.3) is 0 Å². The molecule has 2 N–H and O–H groups in total. The molecule has 0 fully saturated rings. The minimum absolute atomic E-state index is 0.103. The van der Waals surface area contributed by atoms with E-state index in [1.165, 1.54) is 12.1 Å². The maximum absolute atomic E-state index is 13.5. The number of carbonyl (C=O) groups excluding carboxylic acids is 1. The van der Waals surface area contributed by atoms with Crippen molar-refractivity contribution < 1.29 is 19.1 Å². The van der Waals surface area contributed by atoms with E-state index < -0.39 is 23.7 Å². The van der Waals surface area contributed by atoms with Crippen LogP contribution in [0.15, 0.2) is 30.6 Å². The third-order valence-electron chi connectivity index (χ3n) is 3.23. The number of carboxylic acid groups (broad SMARTS) is 1. The Hall–Kier alpha value is -2.41. The second kappa shape index (κ2) is 7.23. The maximum Gasteiger partial charge on any atom is 0.330 e. The molecule has 0 unspecified atom stereocenters. The van der Waals surface area contributed by atoms with Gasteiger partial charge in [-0.3, -0.25) is 9.48 Å². The lowest BCUT2D eigenvalue weighted by atomic mass is 10.1. The summed E-state index contributed by atoms with van der Waals surface area (Å²) in [5.74, 6) is -2.46. The number of aliphatic carboxylic acids is 1. The van der Waals surface area contributed by atoms with Crippen molar-refractivity contribution in [1.29, 1.82) is 0 Å². The molecule has 23 heavy (non-hydrogen) atoms. The Morgan fingerprint density at radius 3 is 2.78 bits per heavy atom. The smallest absolute Gasteiger partial charge is 0.330 e. The van der Waals surface area contributed by atoms with Crippen molar-refractivity contribution in [3.63, 3.8) is 0 Å². The number of carbonyl (C=O) groups is 2. The number of halogens is 2. The van der Waals surface area contributed by atoms with E-state index in [0.29, 0.717) is 6.42 Å². The van der Waals surface area contributed by atoms with Gasteiger partial charge in [-0.15, -0.1) is 0 Å². The van der Waals surface area contributed by atoms with Gasteiger partial charge in [0.1, 0.15) is 5.82 Å². The first-order chi connectivity index (χ1) is 10.9. The molecular weight excluding hydrogens is 325 g/mol. The molecule has 8 heteroatoms. The summed E-state index contributed by atoms with van der Waals surface area (Å²) in [6.07, 6.45) is 3.94. The monoisotopic (exact) mass is 339 g/mol. The Labute approximate surface area is 136 Å². The van der Waals surface area contributed by atoms with Crippen molar-refractivity contribution in [2.75, 3.05) is 0 Å². The largest absolute Gasteiger partial charge is 0.479 e. The number of nitrogens with zero attached hydrogens (tertiary/aromatic N) is 2. The highest BCUT2D eigenvalue weighted by molar-refractivity contribution is 6.30. The number of nitrogens with one attached hydrogen (secondary N) is 1. The number of carboxylic acids is 1. The minimum atomic E-state index is -1.33. The van der Waals surface area contributed by atoms with Crippen molar-refractivity contribution in [1.82, 2.24) is 15.1 Å². The van der Waals surface area contributed by atoms with Crippen LogP contribution in [0.1, 0.15) is 23.6 Å². The van der Waals surface area contributed by atoms with E-state index in [9.17, 15) is 19.1 Å². The summed E-state index contributed by atoms with van der Waals surface area (Å²) in [6.45, 7) is 0. The Morgan fingerprint density at radius 2 is 2.22 bits per heavy atom. The zero-order valence-electron chi connectivity index (χ0n) is 12.3. The van der Waals surface area contributed by atoms with E-state index in [2.05, 4.69) is 10.4 Å². The second-order valence-corrected chi connectivity index (χ2v) is 5.44. The lowest BCUT2D eigenvalue weighted by Crippen LogP contribution is -2.33. The Kier molecular flexibility index (Phi) is 5.33. The van der Waals surface area contributed by atoms with Gasteiger partial charge in [-0.2, -0.15) is 5.10 Å². The van der Waals surface area contributed by atoms with Gasteiger partial charge in [-0.05, 0) is 29.7 Å². The number of benzene rings is 1. The van der Waals surface area contributed by atoms with E-state index in [0.717, 1.165) is 11.6 Å². The van der Waals surface area contributed by atoms with Crippen LogP contribution in [0.4, 0.5) is 4.39 Å². The third-order valence-corrected chi connectivity index (χ3v) is 3.53. The van der Waals surface area contributed by atoms with Gasteiger partial charge in [0.15, 0.2) is 6.04 Å². The first-order valence-corrected chi connectivity index (χ1v) is 7.19. The molecule has 1 atom stereocenters. The second-order valence-electron chi connectivity index (χ2n) is 5.03. The normalized spacial score (nSPS) is 12.0.